The molecule has 0 spiro atoms. The summed E-state index contributed by atoms with van der Waals surface area (Å²) in [6.07, 6.45) is 7.97. The second-order valence-corrected chi connectivity index (χ2v) is 10.1. The zero-order valence-electron chi connectivity index (χ0n) is 22.7. The molecule has 0 saturated heterocycles. The largest absolute Gasteiger partial charge is 0.494 e. The van der Waals surface area contributed by atoms with Crippen molar-refractivity contribution in [2.24, 2.45) is 0 Å². The fourth-order valence-corrected chi connectivity index (χ4v) is 4.74. The van der Waals surface area contributed by atoms with Crippen LogP contribution < -0.4 is 9.47 Å². The van der Waals surface area contributed by atoms with E-state index < -0.39 is 23.6 Å². The molecule has 220 valence electrons. The van der Waals surface area contributed by atoms with E-state index in [-0.39, 0.29) is 30.3 Å². The number of fused-ring (bicyclic) bond motifs is 1. The number of aryl methyl sites for hydroxylation is 1. The van der Waals surface area contributed by atoms with Gasteiger partial charge in [0.25, 0.3) is 0 Å². The average molecular weight is 598 g/mol. The van der Waals surface area contributed by atoms with Crippen molar-refractivity contribution in [1.82, 2.24) is 4.57 Å². The van der Waals surface area contributed by atoms with Gasteiger partial charge in [0.2, 0.25) is 0 Å². The van der Waals surface area contributed by atoms with E-state index in [0.717, 1.165) is 33.7 Å². The Bertz CT molecular complexity index is 1580. The Labute approximate surface area is 246 Å². The Balaban J connectivity index is 1.33. The summed E-state index contributed by atoms with van der Waals surface area (Å²) in [5.74, 6) is -2.78. The van der Waals surface area contributed by atoms with E-state index in [2.05, 4.69) is 0 Å². The molecule has 0 fully saturated rings. The Morgan fingerprint density at radius 1 is 0.905 bits per heavy atom. The zero-order valence-corrected chi connectivity index (χ0v) is 23.4. The maximum absolute atomic E-state index is 13.5. The predicted molar refractivity (Wildman–Crippen MR) is 157 cm³/mol. The molecule has 0 amide bonds. The molecule has 0 aliphatic carbocycles. The fourth-order valence-electron chi connectivity index (χ4n) is 4.57. The lowest BCUT2D eigenvalue weighted by atomic mass is 10.0. The Hall–Kier alpha value is -4.37. The van der Waals surface area contributed by atoms with E-state index in [0.29, 0.717) is 44.1 Å². The fraction of sp³-hybridized carbons (Fsp3) is 0.250. The summed E-state index contributed by atoms with van der Waals surface area (Å²) >= 11 is 5.80. The number of ether oxygens (including phenoxy) is 2. The lowest BCUT2D eigenvalue weighted by molar-refractivity contribution is -0.138. The van der Waals surface area contributed by atoms with Gasteiger partial charge >= 0.3 is 11.9 Å². The second-order valence-electron chi connectivity index (χ2n) is 9.67. The number of hydrogen-bond acceptors (Lipinski definition) is 4. The summed E-state index contributed by atoms with van der Waals surface area (Å²) in [5, 5.41) is 19.1. The molecule has 0 unspecified atom stereocenters. The highest BCUT2D eigenvalue weighted by atomic mass is 35.5. The van der Waals surface area contributed by atoms with Crippen molar-refractivity contribution in [2.75, 3.05) is 13.2 Å². The highest BCUT2D eigenvalue weighted by Crippen LogP contribution is 2.29. The van der Waals surface area contributed by atoms with Crippen LogP contribution in [-0.4, -0.2) is 39.9 Å². The Morgan fingerprint density at radius 3 is 2.36 bits per heavy atom. The van der Waals surface area contributed by atoms with Gasteiger partial charge in [0.15, 0.2) is 0 Å². The number of nitrogens with zero attached hydrogens (tertiary/aromatic N) is 1. The van der Waals surface area contributed by atoms with Crippen LogP contribution in [-0.2, 0) is 22.6 Å². The molecule has 42 heavy (non-hydrogen) atoms. The van der Waals surface area contributed by atoms with Gasteiger partial charge in [-0.1, -0.05) is 54.1 Å². The molecule has 0 radical (unpaired) electrons. The van der Waals surface area contributed by atoms with Gasteiger partial charge < -0.3 is 24.3 Å². The van der Waals surface area contributed by atoms with Gasteiger partial charge in [-0.25, -0.2) is 8.78 Å². The molecule has 0 bridgehead atoms. The van der Waals surface area contributed by atoms with Crippen molar-refractivity contribution in [2.45, 2.75) is 38.6 Å². The van der Waals surface area contributed by atoms with Crippen LogP contribution in [0.3, 0.4) is 0 Å². The topological polar surface area (TPSA) is 98.0 Å². The van der Waals surface area contributed by atoms with Gasteiger partial charge in [-0.2, -0.15) is 0 Å². The van der Waals surface area contributed by atoms with Crippen molar-refractivity contribution >= 4 is 46.6 Å². The van der Waals surface area contributed by atoms with Crippen molar-refractivity contribution in [3.63, 3.8) is 0 Å². The van der Waals surface area contributed by atoms with Crippen LogP contribution in [0.4, 0.5) is 8.78 Å². The summed E-state index contributed by atoms with van der Waals surface area (Å²) in [6.45, 7) is 0.471. The summed E-state index contributed by atoms with van der Waals surface area (Å²) in [7, 11) is 0. The number of aromatic nitrogens is 1. The monoisotopic (exact) mass is 597 g/mol. The van der Waals surface area contributed by atoms with Crippen molar-refractivity contribution < 1.29 is 38.1 Å². The van der Waals surface area contributed by atoms with E-state index in [1.54, 1.807) is 10.8 Å². The third-order valence-corrected chi connectivity index (χ3v) is 6.88. The lowest BCUT2D eigenvalue weighted by Crippen LogP contribution is -2.07. The molecule has 10 heteroatoms. The minimum atomic E-state index is -0.961. The summed E-state index contributed by atoms with van der Waals surface area (Å²) < 4.78 is 39.7. The molecular weight excluding hydrogens is 568 g/mol. The molecule has 0 aliphatic heterocycles. The van der Waals surface area contributed by atoms with Crippen molar-refractivity contribution in [1.29, 1.82) is 0 Å². The van der Waals surface area contributed by atoms with E-state index in [1.807, 2.05) is 54.6 Å². The number of benzene rings is 3. The van der Waals surface area contributed by atoms with Crippen LogP contribution in [0.15, 0.2) is 60.8 Å². The quantitative estimate of drug-likeness (QED) is 0.0838. The summed E-state index contributed by atoms with van der Waals surface area (Å²) in [6, 6.07) is 15.0. The first kappa shape index (κ1) is 30.6. The zero-order chi connectivity index (χ0) is 30.1. The SMILES string of the molecule is O=C(O)CCCc1cn(CC(=O)O)c2c(/C=C/c3ccc(OCCCCOc4cc(F)cc(F)c4Cl)cc3)cccc12. The van der Waals surface area contributed by atoms with Gasteiger partial charge in [-0.15, -0.1) is 0 Å². The third-order valence-electron chi connectivity index (χ3n) is 6.51. The minimum absolute atomic E-state index is 0.0266. The van der Waals surface area contributed by atoms with E-state index >= 15 is 0 Å². The van der Waals surface area contributed by atoms with Gasteiger partial charge in [-0.05, 0) is 54.5 Å². The van der Waals surface area contributed by atoms with Crippen molar-refractivity contribution in [3.05, 3.63) is 94.1 Å². The van der Waals surface area contributed by atoms with Gasteiger partial charge in [-0.3, -0.25) is 9.59 Å². The molecule has 1 heterocycles. The number of aliphatic carboxylic acids is 2. The number of unbranched alkanes of at least 4 members (excludes halogenated alkanes) is 1. The van der Waals surface area contributed by atoms with Gasteiger partial charge in [0.1, 0.15) is 34.7 Å². The molecular formula is C32H30ClF2NO6. The Morgan fingerprint density at radius 2 is 1.64 bits per heavy atom. The predicted octanol–water partition coefficient (Wildman–Crippen LogP) is 7.47. The number of carboxylic acids is 2. The Kier molecular flexibility index (Phi) is 10.6. The van der Waals surface area contributed by atoms with Gasteiger partial charge in [0.05, 0.1) is 18.7 Å². The minimum Gasteiger partial charge on any atom is -0.494 e. The summed E-state index contributed by atoms with van der Waals surface area (Å²) in [4.78, 5) is 22.4. The summed E-state index contributed by atoms with van der Waals surface area (Å²) in [5.41, 5.74) is 3.48. The maximum Gasteiger partial charge on any atom is 0.323 e. The van der Waals surface area contributed by atoms with Crippen LogP contribution in [0.2, 0.25) is 5.02 Å². The average Bonchev–Trinajstić information content (AvgIpc) is 3.29. The molecule has 1 aromatic heterocycles. The van der Waals surface area contributed by atoms with E-state index in [4.69, 9.17) is 26.2 Å². The second kappa shape index (κ2) is 14.5. The smallest absolute Gasteiger partial charge is 0.323 e. The van der Waals surface area contributed by atoms with E-state index in [1.165, 1.54) is 0 Å². The lowest BCUT2D eigenvalue weighted by Gasteiger charge is -2.09. The van der Waals surface area contributed by atoms with Crippen LogP contribution in [0.1, 0.15) is 42.4 Å². The maximum atomic E-state index is 13.5. The van der Waals surface area contributed by atoms with E-state index in [9.17, 15) is 23.5 Å². The molecule has 7 nitrogen and oxygen atoms in total. The number of halogens is 3. The number of rotatable bonds is 15. The molecule has 0 atom stereocenters. The molecule has 3 aromatic carbocycles. The van der Waals surface area contributed by atoms with Gasteiger partial charge in [0, 0.05) is 30.1 Å². The molecule has 4 rings (SSSR count). The highest BCUT2D eigenvalue weighted by molar-refractivity contribution is 6.32. The first-order valence-electron chi connectivity index (χ1n) is 13.4. The first-order chi connectivity index (χ1) is 20.2. The number of hydrogen-bond donors (Lipinski definition) is 2. The first-order valence-corrected chi connectivity index (χ1v) is 13.8. The normalized spacial score (nSPS) is 11.3. The number of carbonyl (C=O) groups is 2. The number of carboxylic acid groups (broad SMARTS) is 2. The molecule has 0 saturated carbocycles. The molecule has 2 N–H and O–H groups in total. The molecule has 0 aliphatic rings. The molecule has 4 aromatic rings. The standard InChI is InChI=1S/C32H30ClF2NO6/c33-31-27(35)17-24(34)18-28(31)42-16-2-1-15-41-25-13-10-21(11-14-25)9-12-22-5-3-7-26-23(6-4-8-29(37)38)19-36(32(22)26)20-30(39)40/h3,5,7,9-14,17-19H,1-2,4,6,8,15-16,20H2,(H,37,38)(H,39,40)/b12-9+. The van der Waals surface area contributed by atoms with Crippen LogP contribution in [0.5, 0.6) is 11.5 Å². The van der Waals surface area contributed by atoms with Crippen LogP contribution >= 0.6 is 11.6 Å². The number of para-hydroxylation sites is 1. The van der Waals surface area contributed by atoms with Crippen molar-refractivity contribution in [3.8, 4) is 11.5 Å². The highest BCUT2D eigenvalue weighted by Gasteiger charge is 2.14. The third kappa shape index (κ3) is 8.33. The van der Waals surface area contributed by atoms with Crippen LogP contribution in [0, 0.1) is 11.6 Å². The van der Waals surface area contributed by atoms with Crippen LogP contribution in [0.25, 0.3) is 23.1 Å².